The Kier molecular flexibility index (Phi) is 8.36. The lowest BCUT2D eigenvalue weighted by atomic mass is 10.2. The van der Waals surface area contributed by atoms with E-state index in [4.69, 9.17) is 0 Å². The van der Waals surface area contributed by atoms with Gasteiger partial charge in [-0.1, -0.05) is 36.4 Å². The van der Waals surface area contributed by atoms with Crippen molar-refractivity contribution < 1.29 is 10.2 Å². The third-order valence-electron chi connectivity index (χ3n) is 4.04. The van der Waals surface area contributed by atoms with Crippen molar-refractivity contribution in [2.45, 2.75) is 25.9 Å². The Morgan fingerprint density at radius 2 is 1.19 bits per heavy atom. The van der Waals surface area contributed by atoms with Crippen LogP contribution in [-0.2, 0) is 13.1 Å². The van der Waals surface area contributed by atoms with Crippen molar-refractivity contribution in [2.75, 3.05) is 20.1 Å². The monoisotopic (exact) mass is 353 g/mol. The molecule has 0 aromatic heterocycles. The molecule has 5 nitrogen and oxygen atoms in total. The zero-order valence-electron chi connectivity index (χ0n) is 15.3. The molecule has 0 amide bonds. The molecule has 2 rings (SSSR count). The number of phenols is 2. The van der Waals surface area contributed by atoms with Gasteiger partial charge in [0, 0.05) is 36.6 Å². The second-order valence-corrected chi connectivity index (χ2v) is 6.18. The first-order valence-corrected chi connectivity index (χ1v) is 8.85. The lowest BCUT2D eigenvalue weighted by Crippen LogP contribution is -2.21. The number of aliphatic imine (C=N–C) groups is 2. The summed E-state index contributed by atoms with van der Waals surface area (Å²) < 4.78 is 0. The molecule has 0 atom stereocenters. The lowest BCUT2D eigenvalue weighted by molar-refractivity contribution is 0.356. The maximum atomic E-state index is 9.68. The van der Waals surface area contributed by atoms with E-state index in [1.165, 1.54) is 0 Å². The van der Waals surface area contributed by atoms with Crippen LogP contribution in [0.1, 0.15) is 24.0 Å². The van der Waals surface area contributed by atoms with Crippen LogP contribution in [-0.4, -0.2) is 47.7 Å². The van der Waals surface area contributed by atoms with Crippen LogP contribution in [0.5, 0.6) is 11.5 Å². The molecular formula is C21H27N3O2. The predicted molar refractivity (Wildman–Crippen MR) is 107 cm³/mol. The van der Waals surface area contributed by atoms with Gasteiger partial charge in [0.25, 0.3) is 0 Å². The minimum absolute atomic E-state index is 0.296. The van der Waals surface area contributed by atoms with E-state index in [0.717, 1.165) is 37.1 Å². The van der Waals surface area contributed by atoms with E-state index in [1.54, 1.807) is 12.1 Å². The SMILES string of the molecule is CN(CCC=NCc1ccccc1O)CCC=NCc1ccccc1O. The minimum Gasteiger partial charge on any atom is -0.508 e. The van der Waals surface area contributed by atoms with E-state index >= 15 is 0 Å². The molecule has 0 spiro atoms. The second kappa shape index (κ2) is 11.1. The number of benzene rings is 2. The number of hydrogen-bond donors (Lipinski definition) is 2. The highest BCUT2D eigenvalue weighted by atomic mass is 16.3. The van der Waals surface area contributed by atoms with Crippen molar-refractivity contribution in [3.63, 3.8) is 0 Å². The van der Waals surface area contributed by atoms with Crippen LogP contribution in [0, 0.1) is 0 Å². The van der Waals surface area contributed by atoms with E-state index < -0.39 is 0 Å². The molecule has 0 aliphatic carbocycles. The van der Waals surface area contributed by atoms with Crippen LogP contribution >= 0.6 is 0 Å². The van der Waals surface area contributed by atoms with Crippen molar-refractivity contribution >= 4 is 12.4 Å². The van der Waals surface area contributed by atoms with E-state index in [-0.39, 0.29) is 0 Å². The quantitative estimate of drug-likeness (QED) is 0.641. The van der Waals surface area contributed by atoms with Gasteiger partial charge in [-0.3, -0.25) is 9.98 Å². The highest BCUT2D eigenvalue weighted by Crippen LogP contribution is 2.16. The Labute approximate surface area is 155 Å². The maximum Gasteiger partial charge on any atom is 0.120 e. The highest BCUT2D eigenvalue weighted by molar-refractivity contribution is 5.58. The molecule has 0 heterocycles. The minimum atomic E-state index is 0.296. The average Bonchev–Trinajstić information content (AvgIpc) is 2.64. The van der Waals surface area contributed by atoms with Crippen LogP contribution in [0.4, 0.5) is 0 Å². The summed E-state index contributed by atoms with van der Waals surface area (Å²) in [5.41, 5.74) is 1.69. The third-order valence-corrected chi connectivity index (χ3v) is 4.04. The van der Waals surface area contributed by atoms with Gasteiger partial charge in [0.2, 0.25) is 0 Å². The molecule has 0 saturated heterocycles. The van der Waals surface area contributed by atoms with Crippen LogP contribution in [0.3, 0.4) is 0 Å². The van der Waals surface area contributed by atoms with Gasteiger partial charge < -0.3 is 15.1 Å². The molecule has 2 aromatic rings. The lowest BCUT2D eigenvalue weighted by Gasteiger charge is -2.13. The van der Waals surface area contributed by atoms with Crippen molar-refractivity contribution in [3.8, 4) is 11.5 Å². The molecule has 2 N–H and O–H groups in total. The summed E-state index contributed by atoms with van der Waals surface area (Å²) >= 11 is 0. The standard InChI is InChI=1S/C21H27N3O2/c1-24(14-6-12-22-16-18-8-2-4-10-20(18)25)15-7-13-23-17-19-9-3-5-11-21(19)26/h2-5,8-13,25-26H,6-7,14-17H2,1H3. The van der Waals surface area contributed by atoms with Gasteiger partial charge >= 0.3 is 0 Å². The Bertz CT molecular complexity index is 667. The number of para-hydroxylation sites is 2. The normalized spacial score (nSPS) is 11.8. The van der Waals surface area contributed by atoms with Gasteiger partial charge in [0.15, 0.2) is 0 Å². The molecule has 138 valence electrons. The molecule has 5 heteroatoms. The van der Waals surface area contributed by atoms with Gasteiger partial charge in [-0.25, -0.2) is 0 Å². The predicted octanol–water partition coefficient (Wildman–Crippen LogP) is 3.65. The van der Waals surface area contributed by atoms with Crippen LogP contribution in [0.15, 0.2) is 58.5 Å². The summed E-state index contributed by atoms with van der Waals surface area (Å²) in [7, 11) is 2.08. The number of aromatic hydroxyl groups is 2. The van der Waals surface area contributed by atoms with Gasteiger partial charge in [-0.2, -0.15) is 0 Å². The van der Waals surface area contributed by atoms with Crippen molar-refractivity contribution in [1.82, 2.24) is 4.90 Å². The zero-order valence-corrected chi connectivity index (χ0v) is 15.3. The molecule has 0 radical (unpaired) electrons. The summed E-state index contributed by atoms with van der Waals surface area (Å²) in [4.78, 5) is 11.0. The third kappa shape index (κ3) is 7.07. The molecule has 0 aliphatic rings. The maximum absolute atomic E-state index is 9.68. The van der Waals surface area contributed by atoms with Gasteiger partial charge in [-0.15, -0.1) is 0 Å². The van der Waals surface area contributed by atoms with E-state index in [9.17, 15) is 10.2 Å². The molecular weight excluding hydrogens is 326 g/mol. The zero-order chi connectivity index (χ0) is 18.6. The van der Waals surface area contributed by atoms with Crippen LogP contribution < -0.4 is 0 Å². The van der Waals surface area contributed by atoms with Gasteiger partial charge in [-0.05, 0) is 32.0 Å². The molecule has 0 bridgehead atoms. The fourth-order valence-electron chi connectivity index (χ4n) is 2.47. The largest absolute Gasteiger partial charge is 0.508 e. The Balaban J connectivity index is 1.58. The smallest absolute Gasteiger partial charge is 0.120 e. The highest BCUT2D eigenvalue weighted by Gasteiger charge is 1.99. The summed E-state index contributed by atoms with van der Waals surface area (Å²) in [5, 5.41) is 19.4. The number of hydrogen-bond acceptors (Lipinski definition) is 5. The summed E-state index contributed by atoms with van der Waals surface area (Å²) in [5.74, 6) is 0.592. The number of phenolic OH excluding ortho intramolecular Hbond substituents is 2. The van der Waals surface area contributed by atoms with Crippen molar-refractivity contribution in [1.29, 1.82) is 0 Å². The van der Waals surface area contributed by atoms with E-state index in [1.807, 2.05) is 48.8 Å². The van der Waals surface area contributed by atoms with Crippen LogP contribution in [0.25, 0.3) is 0 Å². The fourth-order valence-corrected chi connectivity index (χ4v) is 2.47. The Morgan fingerprint density at radius 3 is 1.62 bits per heavy atom. The van der Waals surface area contributed by atoms with Crippen molar-refractivity contribution in [2.24, 2.45) is 9.98 Å². The first kappa shape index (κ1) is 19.7. The van der Waals surface area contributed by atoms with Gasteiger partial charge in [0.05, 0.1) is 13.1 Å². The first-order valence-electron chi connectivity index (χ1n) is 8.85. The number of rotatable bonds is 10. The number of nitrogens with zero attached hydrogens (tertiary/aromatic N) is 3. The van der Waals surface area contributed by atoms with E-state index in [0.29, 0.717) is 24.6 Å². The molecule has 0 fully saturated rings. The second-order valence-electron chi connectivity index (χ2n) is 6.18. The molecule has 26 heavy (non-hydrogen) atoms. The van der Waals surface area contributed by atoms with Gasteiger partial charge in [0.1, 0.15) is 11.5 Å². The van der Waals surface area contributed by atoms with Crippen molar-refractivity contribution in [3.05, 3.63) is 59.7 Å². The molecule has 0 aliphatic heterocycles. The summed E-state index contributed by atoms with van der Waals surface area (Å²) in [6.45, 7) is 2.87. The molecule has 0 saturated carbocycles. The Hall–Kier alpha value is -2.66. The average molecular weight is 353 g/mol. The summed E-state index contributed by atoms with van der Waals surface area (Å²) in [6.07, 6.45) is 5.57. The van der Waals surface area contributed by atoms with Crippen LogP contribution in [0.2, 0.25) is 0 Å². The fraction of sp³-hybridized carbons (Fsp3) is 0.333. The Morgan fingerprint density at radius 1 is 0.769 bits per heavy atom. The topological polar surface area (TPSA) is 68.4 Å². The van der Waals surface area contributed by atoms with E-state index in [2.05, 4.69) is 21.9 Å². The first-order chi connectivity index (χ1) is 12.7. The summed E-state index contributed by atoms with van der Waals surface area (Å²) in [6, 6.07) is 14.5. The molecule has 2 aromatic carbocycles. The molecule has 0 unspecified atom stereocenters.